The number of aromatic hydroxyl groups is 2. The number of benzene rings is 2. The number of carbonyl (C=O) groups excluding carboxylic acids is 1. The molecule has 3 rings (SSSR count). The lowest BCUT2D eigenvalue weighted by molar-refractivity contribution is -0.155. The van der Waals surface area contributed by atoms with Crippen LogP contribution in [0.4, 0.5) is 0 Å². The van der Waals surface area contributed by atoms with E-state index >= 15 is 0 Å². The molecule has 0 radical (unpaired) electrons. The van der Waals surface area contributed by atoms with Crippen molar-refractivity contribution >= 4 is 23.7 Å². The lowest BCUT2D eigenvalue weighted by atomic mass is 9.84. The summed E-state index contributed by atoms with van der Waals surface area (Å²) in [7, 11) is 2.62. The second-order valence-corrected chi connectivity index (χ2v) is 8.81. The van der Waals surface area contributed by atoms with Gasteiger partial charge < -0.3 is 40.1 Å². The Hall–Kier alpha value is -4.40. The number of rotatable bonds is 12. The van der Waals surface area contributed by atoms with Crippen LogP contribution in [0.5, 0.6) is 23.0 Å². The highest BCUT2D eigenvalue weighted by molar-refractivity contribution is 6.00. The monoisotopic (exact) mass is 548 g/mol. The average Bonchev–Trinajstić information content (AvgIpc) is 3.13. The van der Waals surface area contributed by atoms with E-state index in [9.17, 15) is 49.8 Å². The molecule has 0 aromatic heterocycles. The Morgan fingerprint density at radius 2 is 1.62 bits per heavy atom. The third kappa shape index (κ3) is 5.72. The van der Waals surface area contributed by atoms with Crippen LogP contribution >= 0.6 is 0 Å². The van der Waals surface area contributed by atoms with Gasteiger partial charge >= 0.3 is 17.9 Å². The first-order valence-electron chi connectivity index (χ1n) is 11.5. The van der Waals surface area contributed by atoms with Gasteiger partial charge in [0, 0.05) is 24.2 Å². The number of carboxylic acid groups (broad SMARTS) is 3. The molecule has 14 nitrogen and oxygen atoms in total. The van der Waals surface area contributed by atoms with Gasteiger partial charge in [0.25, 0.3) is 0 Å². The van der Waals surface area contributed by atoms with Gasteiger partial charge in [0.05, 0.1) is 27.3 Å². The van der Waals surface area contributed by atoms with Gasteiger partial charge in [-0.1, -0.05) is 0 Å². The van der Waals surface area contributed by atoms with Crippen molar-refractivity contribution in [3.63, 3.8) is 0 Å². The number of phenolic OH excluding ortho intramolecular Hbond substituents is 2. The molecule has 0 amide bonds. The van der Waals surface area contributed by atoms with Crippen molar-refractivity contribution < 1.29 is 59.3 Å². The number of methoxy groups -OCH3 is 2. The zero-order valence-corrected chi connectivity index (χ0v) is 21.0. The van der Waals surface area contributed by atoms with Crippen LogP contribution in [0.3, 0.4) is 0 Å². The number of carbonyl (C=O) groups is 4. The summed E-state index contributed by atoms with van der Waals surface area (Å²) in [5.74, 6) is -6.14. The number of nitrogens with zero attached hydrogens (tertiary/aromatic N) is 2. The minimum Gasteiger partial charge on any atom is -0.508 e. The van der Waals surface area contributed by atoms with Gasteiger partial charge in [-0.2, -0.15) is 0 Å². The maximum atomic E-state index is 13.0. The molecule has 210 valence electrons. The van der Waals surface area contributed by atoms with E-state index in [1.54, 1.807) is 0 Å². The Bertz CT molecular complexity index is 1280. The fourth-order valence-electron chi connectivity index (χ4n) is 4.70. The molecule has 2 aromatic carbocycles. The van der Waals surface area contributed by atoms with E-state index in [0.717, 1.165) is 21.9 Å². The molecule has 6 N–H and O–H groups in total. The van der Waals surface area contributed by atoms with Crippen LogP contribution in [0, 0.1) is 0 Å². The molecule has 0 saturated carbocycles. The van der Waals surface area contributed by atoms with Gasteiger partial charge in [-0.25, -0.2) is 0 Å². The molecule has 3 atom stereocenters. The molecule has 1 heterocycles. The van der Waals surface area contributed by atoms with Crippen molar-refractivity contribution in [2.24, 2.45) is 0 Å². The van der Waals surface area contributed by atoms with E-state index in [-0.39, 0.29) is 23.6 Å². The number of aliphatic hydroxyl groups is 1. The summed E-state index contributed by atoms with van der Waals surface area (Å²) >= 11 is 0. The van der Waals surface area contributed by atoms with Crippen molar-refractivity contribution in [2.45, 2.75) is 17.7 Å². The van der Waals surface area contributed by atoms with Gasteiger partial charge in [0.2, 0.25) is 0 Å². The SMILES string of the molecule is COc1ccc(O)c(C(C(=O)O)N(CCN2CC(=O)C(O)(c3cc(OC)ccc3O)[C@H]2C(=O)O)CC(=O)O)c1. The van der Waals surface area contributed by atoms with Crippen LogP contribution < -0.4 is 9.47 Å². The Balaban J connectivity index is 1.98. The molecule has 1 fully saturated rings. The maximum absolute atomic E-state index is 13.0. The number of hydrogen-bond acceptors (Lipinski definition) is 11. The molecule has 14 heteroatoms. The number of aliphatic carboxylic acids is 3. The van der Waals surface area contributed by atoms with Crippen molar-refractivity contribution in [1.29, 1.82) is 0 Å². The highest BCUT2D eigenvalue weighted by Gasteiger charge is 2.59. The van der Waals surface area contributed by atoms with Crippen LogP contribution in [0.1, 0.15) is 17.2 Å². The van der Waals surface area contributed by atoms with Crippen LogP contribution in [0.2, 0.25) is 0 Å². The zero-order valence-electron chi connectivity index (χ0n) is 21.0. The predicted molar refractivity (Wildman–Crippen MR) is 131 cm³/mol. The third-order valence-corrected chi connectivity index (χ3v) is 6.52. The van der Waals surface area contributed by atoms with Gasteiger partial charge in [-0.05, 0) is 36.4 Å². The number of likely N-dealkylation sites (tertiary alicyclic amines) is 1. The average molecular weight is 549 g/mol. The molecule has 2 aromatic rings. The van der Waals surface area contributed by atoms with E-state index in [0.29, 0.717) is 0 Å². The van der Waals surface area contributed by atoms with Gasteiger partial charge in [-0.3, -0.25) is 29.0 Å². The summed E-state index contributed by atoms with van der Waals surface area (Å²) in [6.07, 6.45) is 0. The molecule has 1 aliphatic heterocycles. The van der Waals surface area contributed by atoms with E-state index in [1.165, 1.54) is 38.5 Å². The number of Topliss-reactive ketones (excluding diaryl/α,β-unsaturated/α-hetero) is 1. The quantitative estimate of drug-likeness (QED) is 0.204. The maximum Gasteiger partial charge on any atom is 0.325 e. The van der Waals surface area contributed by atoms with Crippen LogP contribution in [-0.4, -0.2) is 111 Å². The van der Waals surface area contributed by atoms with Crippen molar-refractivity contribution in [3.8, 4) is 23.0 Å². The van der Waals surface area contributed by atoms with E-state index in [1.807, 2.05) is 0 Å². The van der Waals surface area contributed by atoms with Crippen molar-refractivity contribution in [2.75, 3.05) is 40.4 Å². The lowest BCUT2D eigenvalue weighted by Crippen LogP contribution is -2.52. The minimum atomic E-state index is -2.70. The Morgan fingerprint density at radius 3 is 2.15 bits per heavy atom. The van der Waals surface area contributed by atoms with Crippen molar-refractivity contribution in [1.82, 2.24) is 9.80 Å². The Morgan fingerprint density at radius 1 is 1.03 bits per heavy atom. The number of ketones is 1. The van der Waals surface area contributed by atoms with Crippen molar-refractivity contribution in [3.05, 3.63) is 47.5 Å². The highest BCUT2D eigenvalue weighted by atomic mass is 16.5. The van der Waals surface area contributed by atoms with Gasteiger partial charge in [-0.15, -0.1) is 0 Å². The zero-order chi connectivity index (χ0) is 29.1. The summed E-state index contributed by atoms with van der Waals surface area (Å²) in [6, 6.07) is 3.79. The normalized spacial score (nSPS) is 20.1. The third-order valence-electron chi connectivity index (χ3n) is 6.52. The summed E-state index contributed by atoms with van der Waals surface area (Å²) in [5, 5.41) is 61.5. The summed E-state index contributed by atoms with van der Waals surface area (Å²) in [6.45, 7) is -2.21. The van der Waals surface area contributed by atoms with E-state index in [4.69, 9.17) is 9.47 Å². The van der Waals surface area contributed by atoms with Crippen LogP contribution in [-0.2, 0) is 24.8 Å². The predicted octanol–water partition coefficient (Wildman–Crippen LogP) is -0.147. The van der Waals surface area contributed by atoms with Crippen LogP contribution in [0.25, 0.3) is 0 Å². The molecule has 0 aliphatic carbocycles. The van der Waals surface area contributed by atoms with Gasteiger partial charge in [0.1, 0.15) is 35.1 Å². The fraction of sp³-hybridized carbons (Fsp3) is 0.360. The molecular weight excluding hydrogens is 520 g/mol. The number of ether oxygens (including phenoxy) is 2. The molecule has 1 saturated heterocycles. The molecule has 0 bridgehead atoms. The Labute approximate surface area is 221 Å². The lowest BCUT2D eigenvalue weighted by Gasteiger charge is -2.33. The fourth-order valence-corrected chi connectivity index (χ4v) is 4.70. The van der Waals surface area contributed by atoms with E-state index in [2.05, 4.69) is 0 Å². The number of hydrogen-bond donors (Lipinski definition) is 6. The first-order valence-corrected chi connectivity index (χ1v) is 11.5. The second kappa shape index (κ2) is 11.6. The first kappa shape index (κ1) is 29.2. The minimum absolute atomic E-state index is 0.140. The highest BCUT2D eigenvalue weighted by Crippen LogP contribution is 2.41. The standard InChI is InChI=1S/C25H28N2O12/c1-38-13-3-5-17(28)15(9-13)21(23(33)34)26(12-20(31)32)7-8-27-11-19(30)25(37,22(27)24(35)36)16-10-14(39-2)4-6-18(16)29/h3-6,9-10,21-22,28-29,37H,7-8,11-12H2,1-2H3,(H,31,32)(H,33,34)(H,35,36)/t21?,22-,25?/m1/s1. The molecule has 1 aliphatic rings. The Kier molecular flexibility index (Phi) is 8.64. The summed E-state index contributed by atoms with van der Waals surface area (Å²) < 4.78 is 10.1. The van der Waals surface area contributed by atoms with Crippen LogP contribution in [0.15, 0.2) is 36.4 Å². The van der Waals surface area contributed by atoms with E-state index < -0.39 is 78.1 Å². The second-order valence-electron chi connectivity index (χ2n) is 8.81. The first-order chi connectivity index (χ1) is 18.3. The number of phenols is 2. The molecule has 0 spiro atoms. The molecular formula is C25H28N2O12. The number of carboxylic acids is 3. The largest absolute Gasteiger partial charge is 0.508 e. The smallest absolute Gasteiger partial charge is 0.325 e. The molecule has 2 unspecified atom stereocenters. The topological polar surface area (TPSA) is 215 Å². The summed E-state index contributed by atoms with van der Waals surface area (Å²) in [5.41, 5.74) is -3.26. The van der Waals surface area contributed by atoms with Gasteiger partial charge in [0.15, 0.2) is 11.4 Å². The molecule has 39 heavy (non-hydrogen) atoms. The summed E-state index contributed by atoms with van der Waals surface area (Å²) in [4.78, 5) is 51.2.